The van der Waals surface area contributed by atoms with Crippen molar-refractivity contribution >= 4 is 23.6 Å². The second-order valence-corrected chi connectivity index (χ2v) is 7.54. The topological polar surface area (TPSA) is 83.8 Å². The lowest BCUT2D eigenvalue weighted by molar-refractivity contribution is -0.385. The van der Waals surface area contributed by atoms with Gasteiger partial charge in [0.05, 0.1) is 10.5 Å². The first-order chi connectivity index (χ1) is 13.5. The number of nitrogens with zero attached hydrogens (tertiary/aromatic N) is 3. The van der Waals surface area contributed by atoms with Gasteiger partial charge in [-0.3, -0.25) is 19.7 Å². The van der Waals surface area contributed by atoms with Crippen molar-refractivity contribution in [3.05, 3.63) is 46.0 Å². The van der Waals surface area contributed by atoms with E-state index in [1.54, 1.807) is 23.1 Å². The normalized spacial score (nSPS) is 18.0. The summed E-state index contributed by atoms with van der Waals surface area (Å²) >= 11 is 0. The van der Waals surface area contributed by atoms with Crippen LogP contribution in [0.15, 0.2) is 30.3 Å². The first-order valence-corrected chi connectivity index (χ1v) is 10.0. The summed E-state index contributed by atoms with van der Waals surface area (Å²) in [6.45, 7) is 2.09. The summed E-state index contributed by atoms with van der Waals surface area (Å²) in [4.78, 5) is 38.9. The maximum atomic E-state index is 12.4. The molecule has 0 bridgehead atoms. The number of carbonyl (C=O) groups is 2. The molecular formula is C21H27N3O4. The molecular weight excluding hydrogens is 358 g/mol. The van der Waals surface area contributed by atoms with E-state index in [2.05, 4.69) is 0 Å². The van der Waals surface area contributed by atoms with Gasteiger partial charge < -0.3 is 9.80 Å². The average molecular weight is 385 g/mol. The zero-order valence-corrected chi connectivity index (χ0v) is 16.1. The minimum atomic E-state index is -0.458. The molecule has 0 N–H and O–H groups in total. The third-order valence-electron chi connectivity index (χ3n) is 5.72. The molecule has 1 saturated carbocycles. The van der Waals surface area contributed by atoms with E-state index in [4.69, 9.17) is 0 Å². The Bertz CT molecular complexity index is 748. The Morgan fingerprint density at radius 1 is 1.07 bits per heavy atom. The van der Waals surface area contributed by atoms with E-state index < -0.39 is 4.92 Å². The van der Waals surface area contributed by atoms with Gasteiger partial charge >= 0.3 is 0 Å². The summed E-state index contributed by atoms with van der Waals surface area (Å²) in [5, 5.41) is 11.0. The lowest BCUT2D eigenvalue weighted by Crippen LogP contribution is -2.50. The van der Waals surface area contributed by atoms with Gasteiger partial charge in [0.25, 0.3) is 5.69 Å². The molecule has 0 radical (unpaired) electrons. The molecule has 0 aromatic heterocycles. The molecule has 0 unspecified atom stereocenters. The fourth-order valence-corrected chi connectivity index (χ4v) is 4.02. The summed E-state index contributed by atoms with van der Waals surface area (Å²) in [5.41, 5.74) is 0.380. The fourth-order valence-electron chi connectivity index (χ4n) is 4.02. The van der Waals surface area contributed by atoms with Gasteiger partial charge in [-0.15, -0.1) is 0 Å². The molecule has 3 rings (SSSR count). The Hall–Kier alpha value is -2.70. The predicted octanol–water partition coefficient (Wildman–Crippen LogP) is 3.25. The number of hydrogen-bond acceptors (Lipinski definition) is 4. The highest BCUT2D eigenvalue weighted by molar-refractivity contribution is 5.92. The molecule has 1 aromatic carbocycles. The van der Waals surface area contributed by atoms with Crippen molar-refractivity contribution in [1.29, 1.82) is 0 Å². The maximum Gasteiger partial charge on any atom is 0.276 e. The molecule has 1 aliphatic carbocycles. The van der Waals surface area contributed by atoms with Crippen molar-refractivity contribution in [2.24, 2.45) is 5.92 Å². The van der Waals surface area contributed by atoms with Crippen molar-refractivity contribution in [2.75, 3.05) is 26.2 Å². The number of carbonyl (C=O) groups excluding carboxylic acids is 2. The van der Waals surface area contributed by atoms with Crippen LogP contribution < -0.4 is 0 Å². The van der Waals surface area contributed by atoms with Crippen LogP contribution in [0.3, 0.4) is 0 Å². The van der Waals surface area contributed by atoms with E-state index in [0.29, 0.717) is 44.1 Å². The van der Waals surface area contributed by atoms with Crippen molar-refractivity contribution < 1.29 is 14.5 Å². The Morgan fingerprint density at radius 2 is 1.71 bits per heavy atom. The minimum Gasteiger partial charge on any atom is -0.339 e. The van der Waals surface area contributed by atoms with Crippen LogP contribution in [0.1, 0.15) is 44.1 Å². The second-order valence-electron chi connectivity index (χ2n) is 7.54. The summed E-state index contributed by atoms with van der Waals surface area (Å²) < 4.78 is 0. The highest BCUT2D eigenvalue weighted by Crippen LogP contribution is 2.28. The Morgan fingerprint density at radius 3 is 2.39 bits per heavy atom. The van der Waals surface area contributed by atoms with E-state index in [-0.39, 0.29) is 17.5 Å². The lowest BCUT2D eigenvalue weighted by Gasteiger charge is -2.34. The number of amides is 2. The van der Waals surface area contributed by atoms with Crippen LogP contribution >= 0.6 is 0 Å². The van der Waals surface area contributed by atoms with Gasteiger partial charge in [-0.05, 0) is 24.5 Å². The molecule has 28 heavy (non-hydrogen) atoms. The van der Waals surface area contributed by atoms with Crippen LogP contribution in [-0.2, 0) is 9.59 Å². The molecule has 1 aliphatic heterocycles. The molecule has 1 aromatic rings. The molecule has 2 amide bonds. The molecule has 2 aliphatic rings. The monoisotopic (exact) mass is 385 g/mol. The van der Waals surface area contributed by atoms with Crippen LogP contribution in [0, 0.1) is 16.0 Å². The van der Waals surface area contributed by atoms with Crippen LogP contribution in [0.4, 0.5) is 5.69 Å². The summed E-state index contributed by atoms with van der Waals surface area (Å²) in [7, 11) is 0. The lowest BCUT2D eigenvalue weighted by atomic mass is 10.0. The fraction of sp³-hybridized carbons (Fsp3) is 0.524. The largest absolute Gasteiger partial charge is 0.339 e. The molecule has 0 spiro atoms. The molecule has 1 saturated heterocycles. The number of nitro groups is 1. The van der Waals surface area contributed by atoms with E-state index in [1.807, 2.05) is 4.90 Å². The molecule has 150 valence electrons. The van der Waals surface area contributed by atoms with E-state index >= 15 is 0 Å². The molecule has 2 fully saturated rings. The number of benzene rings is 1. The smallest absolute Gasteiger partial charge is 0.276 e. The molecule has 7 nitrogen and oxygen atoms in total. The van der Waals surface area contributed by atoms with E-state index in [0.717, 1.165) is 6.42 Å². The third kappa shape index (κ3) is 5.18. The SMILES string of the molecule is O=C(/C=C/c1ccccc1[N+](=O)[O-])N1CCN(C(=O)CCC2CCCC2)CC1. The minimum absolute atomic E-state index is 0.0239. The highest BCUT2D eigenvalue weighted by atomic mass is 16.6. The van der Waals surface area contributed by atoms with Gasteiger partial charge in [0.1, 0.15) is 0 Å². The third-order valence-corrected chi connectivity index (χ3v) is 5.72. The van der Waals surface area contributed by atoms with E-state index in [9.17, 15) is 19.7 Å². The van der Waals surface area contributed by atoms with Gasteiger partial charge in [-0.25, -0.2) is 0 Å². The maximum absolute atomic E-state index is 12.4. The van der Waals surface area contributed by atoms with Gasteiger partial charge in [0.15, 0.2) is 0 Å². The first kappa shape index (κ1) is 20.0. The molecule has 1 heterocycles. The summed E-state index contributed by atoms with van der Waals surface area (Å²) in [6, 6.07) is 6.33. The van der Waals surface area contributed by atoms with Crippen molar-refractivity contribution in [1.82, 2.24) is 9.80 Å². The van der Waals surface area contributed by atoms with Gasteiger partial charge in [0, 0.05) is 44.7 Å². The second kappa shape index (κ2) is 9.48. The predicted molar refractivity (Wildman–Crippen MR) is 106 cm³/mol. The number of piperazine rings is 1. The van der Waals surface area contributed by atoms with Crippen LogP contribution in [-0.4, -0.2) is 52.7 Å². The standard InChI is InChI=1S/C21H27N3O4/c25-20(11-9-17-5-1-2-6-17)22-13-15-23(16-14-22)21(26)12-10-18-7-3-4-8-19(18)24(27)28/h3-4,7-8,10,12,17H,1-2,5-6,9,11,13-16H2/b12-10+. The number of para-hydroxylation sites is 1. The average Bonchev–Trinajstić information content (AvgIpc) is 3.24. The van der Waals surface area contributed by atoms with Crippen molar-refractivity contribution in [3.63, 3.8) is 0 Å². The van der Waals surface area contributed by atoms with Crippen molar-refractivity contribution in [3.8, 4) is 0 Å². The Labute approximate surface area is 165 Å². The zero-order valence-electron chi connectivity index (χ0n) is 16.1. The van der Waals surface area contributed by atoms with Crippen LogP contribution in [0.2, 0.25) is 0 Å². The number of rotatable bonds is 6. The first-order valence-electron chi connectivity index (χ1n) is 10.0. The van der Waals surface area contributed by atoms with Gasteiger partial charge in [-0.2, -0.15) is 0 Å². The van der Waals surface area contributed by atoms with Crippen molar-refractivity contribution in [2.45, 2.75) is 38.5 Å². The number of hydrogen-bond donors (Lipinski definition) is 0. The van der Waals surface area contributed by atoms with Gasteiger partial charge in [0.2, 0.25) is 11.8 Å². The van der Waals surface area contributed by atoms with E-state index in [1.165, 1.54) is 43.9 Å². The molecule has 0 atom stereocenters. The van der Waals surface area contributed by atoms with Crippen LogP contribution in [0.25, 0.3) is 6.08 Å². The zero-order chi connectivity index (χ0) is 19.9. The quantitative estimate of drug-likeness (QED) is 0.427. The Balaban J connectivity index is 1.47. The summed E-state index contributed by atoms with van der Waals surface area (Å²) in [5.74, 6) is 0.713. The highest BCUT2D eigenvalue weighted by Gasteiger charge is 2.24. The van der Waals surface area contributed by atoms with Crippen LogP contribution in [0.5, 0.6) is 0 Å². The Kier molecular flexibility index (Phi) is 6.79. The summed E-state index contributed by atoms with van der Waals surface area (Å²) in [6.07, 6.45) is 9.54. The number of nitro benzene ring substituents is 1. The molecule has 7 heteroatoms. The van der Waals surface area contributed by atoms with Gasteiger partial charge in [-0.1, -0.05) is 37.8 Å².